The number of hydrogen-bond donors (Lipinski definition) is 1. The van der Waals surface area contributed by atoms with Gasteiger partial charge in [-0.3, -0.25) is 4.79 Å². The van der Waals surface area contributed by atoms with Gasteiger partial charge in [-0.25, -0.2) is 0 Å². The number of nitrogens with one attached hydrogen (secondary N) is 1. The smallest absolute Gasteiger partial charge is 0.183 e. The minimum absolute atomic E-state index is 0.130. The molecule has 21 heavy (non-hydrogen) atoms. The Morgan fingerprint density at radius 3 is 2.57 bits per heavy atom. The van der Waals surface area contributed by atoms with E-state index in [-0.39, 0.29) is 5.78 Å². The SMILES string of the molecule is Cc1cc(C(=O)CNc2ccc(Cl)cc2)c(C)n1C1CC1. The Morgan fingerprint density at radius 1 is 1.29 bits per heavy atom. The Morgan fingerprint density at radius 2 is 1.95 bits per heavy atom. The van der Waals surface area contributed by atoms with E-state index in [1.54, 1.807) is 0 Å². The summed E-state index contributed by atoms with van der Waals surface area (Å²) in [7, 11) is 0. The van der Waals surface area contributed by atoms with Crippen molar-refractivity contribution < 1.29 is 4.79 Å². The molecule has 0 unspecified atom stereocenters. The maximum absolute atomic E-state index is 12.4. The predicted molar refractivity (Wildman–Crippen MR) is 86.4 cm³/mol. The molecule has 1 N–H and O–H groups in total. The van der Waals surface area contributed by atoms with Gasteiger partial charge in [0, 0.05) is 33.7 Å². The molecule has 1 aliphatic rings. The van der Waals surface area contributed by atoms with E-state index >= 15 is 0 Å². The van der Waals surface area contributed by atoms with Crippen LogP contribution in [0, 0.1) is 13.8 Å². The van der Waals surface area contributed by atoms with Gasteiger partial charge in [-0.15, -0.1) is 0 Å². The van der Waals surface area contributed by atoms with Crippen LogP contribution >= 0.6 is 11.6 Å². The van der Waals surface area contributed by atoms with E-state index in [2.05, 4.69) is 16.8 Å². The van der Waals surface area contributed by atoms with E-state index in [1.165, 1.54) is 18.5 Å². The van der Waals surface area contributed by atoms with E-state index in [0.29, 0.717) is 17.6 Å². The molecule has 1 fully saturated rings. The van der Waals surface area contributed by atoms with Crippen LogP contribution in [0.25, 0.3) is 0 Å². The van der Waals surface area contributed by atoms with Crippen LogP contribution in [0.3, 0.4) is 0 Å². The summed E-state index contributed by atoms with van der Waals surface area (Å²) in [4.78, 5) is 12.4. The second-order valence-electron chi connectivity index (χ2n) is 5.67. The first-order chi connectivity index (χ1) is 10.1. The highest BCUT2D eigenvalue weighted by Gasteiger charge is 2.28. The Balaban J connectivity index is 1.71. The van der Waals surface area contributed by atoms with E-state index in [9.17, 15) is 4.79 Å². The van der Waals surface area contributed by atoms with Crippen molar-refractivity contribution >= 4 is 23.1 Å². The molecule has 1 aliphatic carbocycles. The number of rotatable bonds is 5. The topological polar surface area (TPSA) is 34.0 Å². The molecule has 0 bridgehead atoms. The summed E-state index contributed by atoms with van der Waals surface area (Å²) in [5.74, 6) is 0.130. The molecule has 0 radical (unpaired) electrons. The van der Waals surface area contributed by atoms with Gasteiger partial charge in [0.15, 0.2) is 5.78 Å². The molecule has 0 spiro atoms. The fraction of sp³-hybridized carbons (Fsp3) is 0.353. The van der Waals surface area contributed by atoms with Crippen molar-refractivity contribution in [2.75, 3.05) is 11.9 Å². The van der Waals surface area contributed by atoms with Crippen LogP contribution in [0.4, 0.5) is 5.69 Å². The van der Waals surface area contributed by atoms with Crippen molar-refractivity contribution in [2.45, 2.75) is 32.7 Å². The van der Waals surface area contributed by atoms with Crippen LogP contribution < -0.4 is 5.32 Å². The third kappa shape index (κ3) is 2.98. The average Bonchev–Trinajstić information content (AvgIpc) is 3.24. The van der Waals surface area contributed by atoms with Gasteiger partial charge in [0.25, 0.3) is 0 Å². The molecule has 1 heterocycles. The first-order valence-corrected chi connectivity index (χ1v) is 7.65. The highest BCUT2D eigenvalue weighted by Crippen LogP contribution is 2.38. The summed E-state index contributed by atoms with van der Waals surface area (Å²) in [6.45, 7) is 4.42. The number of anilines is 1. The van der Waals surface area contributed by atoms with Crippen molar-refractivity contribution in [1.82, 2.24) is 4.57 Å². The quantitative estimate of drug-likeness (QED) is 0.831. The lowest BCUT2D eigenvalue weighted by molar-refractivity contribution is 0.101. The third-order valence-corrected chi connectivity index (χ3v) is 4.25. The number of carbonyl (C=O) groups excluding carboxylic acids is 1. The van der Waals surface area contributed by atoms with E-state index in [1.807, 2.05) is 37.3 Å². The van der Waals surface area contributed by atoms with Crippen LogP contribution in [0.1, 0.15) is 40.6 Å². The first-order valence-electron chi connectivity index (χ1n) is 7.27. The normalized spacial score (nSPS) is 14.2. The van der Waals surface area contributed by atoms with E-state index in [0.717, 1.165) is 16.9 Å². The lowest BCUT2D eigenvalue weighted by Crippen LogP contribution is -2.14. The van der Waals surface area contributed by atoms with E-state index < -0.39 is 0 Å². The molecule has 1 aromatic carbocycles. The van der Waals surface area contributed by atoms with Crippen LogP contribution in [0.15, 0.2) is 30.3 Å². The number of ketones is 1. The maximum Gasteiger partial charge on any atom is 0.183 e. The largest absolute Gasteiger partial charge is 0.378 e. The number of Topliss-reactive ketones (excluding diaryl/α,β-unsaturated/α-hetero) is 1. The maximum atomic E-state index is 12.4. The fourth-order valence-electron chi connectivity index (χ4n) is 2.80. The van der Waals surface area contributed by atoms with Gasteiger partial charge >= 0.3 is 0 Å². The van der Waals surface area contributed by atoms with Crippen LogP contribution in [-0.2, 0) is 0 Å². The van der Waals surface area contributed by atoms with Crippen LogP contribution in [0.2, 0.25) is 5.02 Å². The average molecular weight is 303 g/mol. The molecule has 1 saturated carbocycles. The fourth-order valence-corrected chi connectivity index (χ4v) is 2.93. The number of aromatic nitrogens is 1. The zero-order valence-corrected chi connectivity index (χ0v) is 13.1. The van der Waals surface area contributed by atoms with Gasteiger partial charge in [-0.05, 0) is 57.0 Å². The zero-order valence-electron chi connectivity index (χ0n) is 12.3. The number of nitrogens with zero attached hydrogens (tertiary/aromatic N) is 1. The number of halogens is 1. The van der Waals surface area contributed by atoms with Crippen molar-refractivity contribution in [1.29, 1.82) is 0 Å². The first kappa shape index (κ1) is 14.2. The Hall–Kier alpha value is -1.74. The van der Waals surface area contributed by atoms with Crippen LogP contribution in [0.5, 0.6) is 0 Å². The second-order valence-corrected chi connectivity index (χ2v) is 6.11. The lowest BCUT2D eigenvalue weighted by Gasteiger charge is -2.08. The van der Waals surface area contributed by atoms with Gasteiger partial charge < -0.3 is 9.88 Å². The molecule has 3 rings (SSSR count). The number of carbonyl (C=O) groups is 1. The molecule has 1 aromatic heterocycles. The van der Waals surface area contributed by atoms with Crippen molar-refractivity contribution in [3.63, 3.8) is 0 Å². The molecule has 0 atom stereocenters. The Kier molecular flexibility index (Phi) is 3.77. The standard InChI is InChI=1S/C17H19ClN2O/c1-11-9-16(12(2)20(11)15-7-8-15)17(21)10-19-14-5-3-13(18)4-6-14/h3-6,9,15,19H,7-8,10H2,1-2H3. The second kappa shape index (κ2) is 5.57. The molecule has 2 aromatic rings. The third-order valence-electron chi connectivity index (χ3n) is 3.99. The summed E-state index contributed by atoms with van der Waals surface area (Å²) < 4.78 is 2.30. The highest BCUT2D eigenvalue weighted by molar-refractivity contribution is 6.30. The molecule has 0 saturated heterocycles. The Labute approximate surface area is 129 Å². The van der Waals surface area contributed by atoms with Gasteiger partial charge in [0.05, 0.1) is 6.54 Å². The summed E-state index contributed by atoms with van der Waals surface area (Å²) in [6, 6.07) is 10.0. The van der Waals surface area contributed by atoms with Crippen molar-refractivity contribution in [3.8, 4) is 0 Å². The predicted octanol–water partition coefficient (Wildman–Crippen LogP) is 4.39. The van der Waals surface area contributed by atoms with Gasteiger partial charge in [0.1, 0.15) is 0 Å². The molecule has 3 nitrogen and oxygen atoms in total. The molecule has 4 heteroatoms. The number of hydrogen-bond acceptors (Lipinski definition) is 2. The number of aryl methyl sites for hydroxylation is 1. The Bertz CT molecular complexity index is 669. The van der Waals surface area contributed by atoms with E-state index in [4.69, 9.17) is 11.6 Å². The number of benzene rings is 1. The van der Waals surface area contributed by atoms with Gasteiger partial charge in [0.2, 0.25) is 0 Å². The lowest BCUT2D eigenvalue weighted by atomic mass is 10.1. The minimum Gasteiger partial charge on any atom is -0.378 e. The summed E-state index contributed by atoms with van der Waals surface area (Å²) in [6.07, 6.45) is 2.46. The summed E-state index contributed by atoms with van der Waals surface area (Å²) >= 11 is 5.85. The molecule has 0 aliphatic heterocycles. The summed E-state index contributed by atoms with van der Waals surface area (Å²) in [5.41, 5.74) is 4.02. The molecule has 0 amide bonds. The zero-order chi connectivity index (χ0) is 15.0. The molecule has 110 valence electrons. The molecular formula is C17H19ClN2O. The van der Waals surface area contributed by atoms with Gasteiger partial charge in [-0.1, -0.05) is 11.6 Å². The molecular weight excluding hydrogens is 284 g/mol. The summed E-state index contributed by atoms with van der Waals surface area (Å²) in [5, 5.41) is 3.85. The monoisotopic (exact) mass is 302 g/mol. The minimum atomic E-state index is 0.130. The van der Waals surface area contributed by atoms with Gasteiger partial charge in [-0.2, -0.15) is 0 Å². The van der Waals surface area contributed by atoms with Crippen molar-refractivity contribution in [2.24, 2.45) is 0 Å². The van der Waals surface area contributed by atoms with Crippen molar-refractivity contribution in [3.05, 3.63) is 52.3 Å². The van der Waals surface area contributed by atoms with Crippen LogP contribution in [-0.4, -0.2) is 16.9 Å². The highest BCUT2D eigenvalue weighted by atomic mass is 35.5.